The molecular weight excluding hydrogens is 297 g/mol. The molecule has 0 amide bonds. The minimum Gasteiger partial charge on any atom is -0.361 e. The summed E-state index contributed by atoms with van der Waals surface area (Å²) in [6.07, 6.45) is 0.407. The molecule has 1 aliphatic carbocycles. The highest BCUT2D eigenvalue weighted by Gasteiger charge is 2.48. The molecule has 0 saturated heterocycles. The number of hydroxylamine groups is 2. The van der Waals surface area contributed by atoms with Gasteiger partial charge in [0.15, 0.2) is 6.29 Å². The highest BCUT2D eigenvalue weighted by molar-refractivity contribution is 5.72. The molecule has 0 aromatic heterocycles. The Hall–Kier alpha value is -2.28. The Morgan fingerprint density at radius 3 is 2.32 bits per heavy atom. The van der Waals surface area contributed by atoms with E-state index in [-0.39, 0.29) is 5.70 Å². The summed E-state index contributed by atoms with van der Waals surface area (Å²) < 4.78 is 37.8. The van der Waals surface area contributed by atoms with Crippen LogP contribution in [-0.4, -0.2) is 16.6 Å². The van der Waals surface area contributed by atoms with Gasteiger partial charge in [0.1, 0.15) is 5.70 Å². The second kappa shape index (κ2) is 4.88. The summed E-state index contributed by atoms with van der Waals surface area (Å²) in [6, 6.07) is 5.03. The van der Waals surface area contributed by atoms with Gasteiger partial charge < -0.3 is 5.32 Å². The van der Waals surface area contributed by atoms with Crippen LogP contribution in [0.4, 0.5) is 13.2 Å². The van der Waals surface area contributed by atoms with Crippen LogP contribution in [0.1, 0.15) is 24.0 Å². The molecule has 1 fully saturated rings. The predicted octanol–water partition coefficient (Wildman–Crippen LogP) is 2.91. The van der Waals surface area contributed by atoms with Crippen LogP contribution in [0.3, 0.4) is 0 Å². The van der Waals surface area contributed by atoms with Crippen LogP contribution >= 0.6 is 0 Å². The van der Waals surface area contributed by atoms with Crippen molar-refractivity contribution in [1.29, 1.82) is 0 Å². The van der Waals surface area contributed by atoms with Crippen molar-refractivity contribution >= 4 is 6.29 Å². The Morgan fingerprint density at radius 2 is 1.86 bits per heavy atom. The van der Waals surface area contributed by atoms with Crippen LogP contribution in [-0.2, 0) is 16.4 Å². The molecule has 2 N–H and O–H groups in total. The highest BCUT2D eigenvalue weighted by Crippen LogP contribution is 2.53. The fourth-order valence-corrected chi connectivity index (χ4v) is 2.62. The number of nitrogens with one attached hydrogen (secondary N) is 1. The first-order valence-electron chi connectivity index (χ1n) is 6.67. The molecule has 0 bridgehead atoms. The SMILES string of the molecule is O=CC1=CNC(C2(c3ccc(C(F)(F)F)cc3)CC2)=CN1O. The quantitative estimate of drug-likeness (QED) is 0.843. The summed E-state index contributed by atoms with van der Waals surface area (Å²) >= 11 is 0. The summed E-state index contributed by atoms with van der Waals surface area (Å²) in [5.74, 6) is 0. The number of halogens is 3. The number of hydrogen-bond donors (Lipinski definition) is 2. The first-order valence-corrected chi connectivity index (χ1v) is 6.67. The van der Waals surface area contributed by atoms with Crippen LogP contribution < -0.4 is 5.32 Å². The zero-order valence-electron chi connectivity index (χ0n) is 11.4. The molecule has 0 atom stereocenters. The Morgan fingerprint density at radius 1 is 1.23 bits per heavy atom. The van der Waals surface area contributed by atoms with Gasteiger partial charge in [-0.2, -0.15) is 13.2 Å². The lowest BCUT2D eigenvalue weighted by atomic mass is 9.91. The number of alkyl halides is 3. The smallest absolute Gasteiger partial charge is 0.361 e. The van der Waals surface area contributed by atoms with Gasteiger partial charge in [0.2, 0.25) is 0 Å². The summed E-state index contributed by atoms with van der Waals surface area (Å²) in [6.45, 7) is 0. The molecule has 1 heterocycles. The van der Waals surface area contributed by atoms with E-state index in [0.29, 0.717) is 17.0 Å². The molecule has 0 unspecified atom stereocenters. The van der Waals surface area contributed by atoms with Crippen LogP contribution in [0.2, 0.25) is 0 Å². The first-order chi connectivity index (χ1) is 10.4. The van der Waals surface area contributed by atoms with E-state index in [9.17, 15) is 23.2 Å². The number of carbonyl (C=O) groups excluding carboxylic acids is 1. The molecule has 1 aliphatic heterocycles. The maximum Gasteiger partial charge on any atom is 0.416 e. The van der Waals surface area contributed by atoms with Crippen molar-refractivity contribution in [2.75, 3.05) is 0 Å². The standard InChI is InChI=1S/C15H13F3N2O2/c16-15(17,18)11-3-1-10(2-4-11)14(5-6-14)13-8-20(22)12(9-21)7-19-13/h1-4,7-9,19,22H,5-6H2. The normalized spacial score (nSPS) is 19.9. The van der Waals surface area contributed by atoms with Gasteiger partial charge in [-0.05, 0) is 30.5 Å². The van der Waals surface area contributed by atoms with E-state index < -0.39 is 17.2 Å². The molecule has 4 nitrogen and oxygen atoms in total. The Bertz CT molecular complexity index is 658. The van der Waals surface area contributed by atoms with Crippen LogP contribution in [0.25, 0.3) is 0 Å². The lowest BCUT2D eigenvalue weighted by Gasteiger charge is -2.26. The highest BCUT2D eigenvalue weighted by atomic mass is 19.4. The number of nitrogens with zero attached hydrogens (tertiary/aromatic N) is 1. The molecule has 0 spiro atoms. The topological polar surface area (TPSA) is 52.6 Å². The van der Waals surface area contributed by atoms with Crippen LogP contribution in [0.15, 0.2) is 48.1 Å². The average Bonchev–Trinajstić information content (AvgIpc) is 3.28. The molecule has 116 valence electrons. The van der Waals surface area contributed by atoms with E-state index in [1.54, 1.807) is 0 Å². The van der Waals surface area contributed by atoms with Crippen LogP contribution in [0.5, 0.6) is 0 Å². The maximum absolute atomic E-state index is 12.6. The van der Waals surface area contributed by atoms with Crippen molar-refractivity contribution in [3.05, 3.63) is 59.2 Å². The van der Waals surface area contributed by atoms with Gasteiger partial charge in [0, 0.05) is 17.3 Å². The third-order valence-corrected chi connectivity index (χ3v) is 4.04. The van der Waals surface area contributed by atoms with Crippen molar-refractivity contribution in [2.24, 2.45) is 0 Å². The molecule has 22 heavy (non-hydrogen) atoms. The third kappa shape index (κ3) is 2.37. The fourth-order valence-electron chi connectivity index (χ4n) is 2.62. The minimum atomic E-state index is -4.36. The fraction of sp³-hybridized carbons (Fsp3) is 0.267. The number of aldehydes is 1. The molecular formula is C15H13F3N2O2. The number of hydrogen-bond acceptors (Lipinski definition) is 4. The van der Waals surface area contributed by atoms with Crippen molar-refractivity contribution in [1.82, 2.24) is 10.4 Å². The number of carbonyl (C=O) groups is 1. The maximum atomic E-state index is 12.6. The molecule has 3 rings (SSSR count). The van der Waals surface area contributed by atoms with E-state index in [1.165, 1.54) is 24.5 Å². The molecule has 1 aromatic rings. The van der Waals surface area contributed by atoms with Gasteiger partial charge in [0.05, 0.1) is 11.8 Å². The van der Waals surface area contributed by atoms with Crippen molar-refractivity contribution in [3.63, 3.8) is 0 Å². The Balaban J connectivity index is 1.87. The molecule has 1 saturated carbocycles. The lowest BCUT2D eigenvalue weighted by molar-refractivity contribution is -0.137. The number of allylic oxidation sites excluding steroid dienone is 2. The monoisotopic (exact) mass is 310 g/mol. The van der Waals surface area contributed by atoms with Crippen molar-refractivity contribution in [2.45, 2.75) is 24.4 Å². The van der Waals surface area contributed by atoms with Crippen LogP contribution in [0, 0.1) is 0 Å². The number of benzene rings is 1. The van der Waals surface area contributed by atoms with Gasteiger partial charge in [-0.25, -0.2) is 5.06 Å². The lowest BCUT2D eigenvalue weighted by Crippen LogP contribution is -2.30. The zero-order chi connectivity index (χ0) is 16.0. The van der Waals surface area contributed by atoms with Gasteiger partial charge >= 0.3 is 6.18 Å². The van der Waals surface area contributed by atoms with Crippen molar-refractivity contribution < 1.29 is 23.2 Å². The summed E-state index contributed by atoms with van der Waals surface area (Å²) in [5.41, 5.74) is 0.336. The van der Waals surface area contributed by atoms with E-state index in [0.717, 1.165) is 30.5 Å². The van der Waals surface area contributed by atoms with E-state index in [4.69, 9.17) is 0 Å². The van der Waals surface area contributed by atoms with Gasteiger partial charge in [-0.15, -0.1) is 0 Å². The third-order valence-electron chi connectivity index (χ3n) is 4.04. The molecule has 7 heteroatoms. The Labute approximate surface area is 124 Å². The molecule has 2 aliphatic rings. The molecule has 0 radical (unpaired) electrons. The predicted molar refractivity (Wildman–Crippen MR) is 71.3 cm³/mol. The second-order valence-electron chi connectivity index (χ2n) is 5.38. The van der Waals surface area contributed by atoms with Crippen molar-refractivity contribution in [3.8, 4) is 0 Å². The van der Waals surface area contributed by atoms with Gasteiger partial charge in [-0.1, -0.05) is 12.1 Å². The summed E-state index contributed by atoms with van der Waals surface area (Å²) in [7, 11) is 0. The zero-order valence-corrected chi connectivity index (χ0v) is 11.4. The second-order valence-corrected chi connectivity index (χ2v) is 5.38. The van der Waals surface area contributed by atoms with Gasteiger partial charge in [-0.3, -0.25) is 10.0 Å². The van der Waals surface area contributed by atoms with Gasteiger partial charge in [0.25, 0.3) is 0 Å². The minimum absolute atomic E-state index is 0.0620. The molecule has 1 aromatic carbocycles. The average molecular weight is 310 g/mol. The number of rotatable bonds is 3. The summed E-state index contributed by atoms with van der Waals surface area (Å²) in [4.78, 5) is 10.7. The van der Waals surface area contributed by atoms with E-state index >= 15 is 0 Å². The van der Waals surface area contributed by atoms with E-state index in [2.05, 4.69) is 5.32 Å². The largest absolute Gasteiger partial charge is 0.416 e. The first kappa shape index (κ1) is 14.6. The Kier molecular flexibility index (Phi) is 3.25. The van der Waals surface area contributed by atoms with E-state index in [1.807, 2.05) is 0 Å². The summed E-state index contributed by atoms with van der Waals surface area (Å²) in [5, 5.41) is 13.3.